The van der Waals surface area contributed by atoms with Gasteiger partial charge in [0.15, 0.2) is 6.29 Å². The minimum absolute atomic E-state index is 0.190. The molecular formula is C19H17F2NO. The van der Waals surface area contributed by atoms with Crippen molar-refractivity contribution in [3.63, 3.8) is 0 Å². The maximum Gasteiger partial charge on any atom is 0.152 e. The Balaban J connectivity index is 2.24. The van der Waals surface area contributed by atoms with Crippen LogP contribution in [0.15, 0.2) is 36.4 Å². The molecule has 0 bridgehead atoms. The summed E-state index contributed by atoms with van der Waals surface area (Å²) < 4.78 is 27.2. The fraction of sp³-hybridized carbons (Fsp3) is 0.211. The third-order valence-corrected chi connectivity index (χ3v) is 4.36. The molecule has 0 radical (unpaired) electrons. The van der Waals surface area contributed by atoms with Crippen LogP contribution in [0.25, 0.3) is 22.2 Å². The largest absolute Gasteiger partial charge is 0.354 e. The third-order valence-electron chi connectivity index (χ3n) is 4.36. The van der Waals surface area contributed by atoms with E-state index in [9.17, 15) is 13.6 Å². The number of hydrogen-bond donors (Lipinski definition) is 1. The van der Waals surface area contributed by atoms with Crippen molar-refractivity contribution < 1.29 is 13.6 Å². The maximum atomic E-state index is 14.1. The van der Waals surface area contributed by atoms with Gasteiger partial charge in [-0.05, 0) is 42.2 Å². The molecule has 3 aromatic rings. The molecule has 2 nitrogen and oxygen atoms in total. The lowest BCUT2D eigenvalue weighted by molar-refractivity contribution is 0.112. The second kappa shape index (κ2) is 5.95. The summed E-state index contributed by atoms with van der Waals surface area (Å²) in [4.78, 5) is 14.7. The monoisotopic (exact) mass is 313 g/mol. The number of benzene rings is 2. The van der Waals surface area contributed by atoms with Gasteiger partial charge >= 0.3 is 0 Å². The SMILES string of the molecule is CCC(C)c1ccc2[nH]c(-c3ccc(F)cc3F)c(C=O)c2c1. The zero-order chi connectivity index (χ0) is 16.6. The van der Waals surface area contributed by atoms with Crippen LogP contribution in [0.5, 0.6) is 0 Å². The lowest BCUT2D eigenvalue weighted by atomic mass is 9.96. The van der Waals surface area contributed by atoms with Crippen LogP contribution < -0.4 is 0 Å². The lowest BCUT2D eigenvalue weighted by Crippen LogP contribution is -1.91. The van der Waals surface area contributed by atoms with Crippen molar-refractivity contribution in [3.8, 4) is 11.3 Å². The molecule has 0 aliphatic carbocycles. The summed E-state index contributed by atoms with van der Waals surface area (Å²) in [6.07, 6.45) is 1.71. The smallest absolute Gasteiger partial charge is 0.152 e. The highest BCUT2D eigenvalue weighted by atomic mass is 19.1. The average Bonchev–Trinajstić information content (AvgIpc) is 2.91. The van der Waals surface area contributed by atoms with Crippen LogP contribution in [0.1, 0.15) is 42.1 Å². The Hall–Kier alpha value is -2.49. The minimum Gasteiger partial charge on any atom is -0.354 e. The van der Waals surface area contributed by atoms with E-state index in [2.05, 4.69) is 18.8 Å². The van der Waals surface area contributed by atoms with Crippen LogP contribution in [0, 0.1) is 11.6 Å². The van der Waals surface area contributed by atoms with Crippen LogP contribution in [-0.2, 0) is 0 Å². The molecule has 1 aromatic heterocycles. The number of aromatic amines is 1. The summed E-state index contributed by atoms with van der Waals surface area (Å²) in [7, 11) is 0. The highest BCUT2D eigenvalue weighted by Crippen LogP contribution is 2.33. The molecule has 0 saturated heterocycles. The quantitative estimate of drug-likeness (QED) is 0.639. The molecular weight excluding hydrogens is 296 g/mol. The Morgan fingerprint density at radius 1 is 1.17 bits per heavy atom. The number of carbonyl (C=O) groups excluding carboxylic acids is 1. The van der Waals surface area contributed by atoms with Crippen LogP contribution in [0.4, 0.5) is 8.78 Å². The van der Waals surface area contributed by atoms with Gasteiger partial charge in [0, 0.05) is 28.1 Å². The molecule has 0 saturated carbocycles. The zero-order valence-corrected chi connectivity index (χ0v) is 13.0. The molecule has 0 aliphatic rings. The number of hydrogen-bond acceptors (Lipinski definition) is 1. The van der Waals surface area contributed by atoms with E-state index in [-0.39, 0.29) is 5.56 Å². The maximum absolute atomic E-state index is 14.1. The van der Waals surface area contributed by atoms with Crippen LogP contribution >= 0.6 is 0 Å². The van der Waals surface area contributed by atoms with Crippen molar-refractivity contribution in [1.29, 1.82) is 0 Å². The van der Waals surface area contributed by atoms with Crippen LogP contribution in [0.3, 0.4) is 0 Å². The minimum atomic E-state index is -0.693. The van der Waals surface area contributed by atoms with Gasteiger partial charge in [-0.1, -0.05) is 19.9 Å². The fourth-order valence-corrected chi connectivity index (χ4v) is 2.80. The molecule has 23 heavy (non-hydrogen) atoms. The summed E-state index contributed by atoms with van der Waals surface area (Å²) >= 11 is 0. The number of nitrogens with one attached hydrogen (secondary N) is 1. The van der Waals surface area contributed by atoms with E-state index >= 15 is 0 Å². The van der Waals surface area contributed by atoms with E-state index in [1.54, 1.807) is 0 Å². The molecule has 1 heterocycles. The van der Waals surface area contributed by atoms with Crippen LogP contribution in [-0.4, -0.2) is 11.3 Å². The van der Waals surface area contributed by atoms with Gasteiger partial charge in [-0.25, -0.2) is 8.78 Å². The molecule has 1 N–H and O–H groups in total. The Bertz CT molecular complexity index is 882. The number of halogens is 2. The predicted octanol–water partition coefficient (Wildman–Crippen LogP) is 5.44. The molecule has 3 rings (SSSR count). The first-order valence-electron chi connectivity index (χ1n) is 7.61. The van der Waals surface area contributed by atoms with E-state index in [0.29, 0.717) is 17.2 Å². The van der Waals surface area contributed by atoms with Crippen LogP contribution in [0.2, 0.25) is 0 Å². The van der Waals surface area contributed by atoms with Gasteiger partial charge in [-0.3, -0.25) is 4.79 Å². The van der Waals surface area contributed by atoms with Crippen molar-refractivity contribution in [2.45, 2.75) is 26.2 Å². The molecule has 0 amide bonds. The molecule has 1 unspecified atom stereocenters. The Labute approximate surface area is 133 Å². The molecule has 118 valence electrons. The van der Waals surface area contributed by atoms with E-state index in [1.807, 2.05) is 18.2 Å². The number of carbonyl (C=O) groups is 1. The Kier molecular flexibility index (Phi) is 3.99. The van der Waals surface area contributed by atoms with Gasteiger partial charge in [0.1, 0.15) is 11.6 Å². The first-order chi connectivity index (χ1) is 11.0. The standard InChI is InChI=1S/C19H17F2NO/c1-3-11(2)12-4-7-18-15(8-12)16(10-23)19(22-18)14-6-5-13(20)9-17(14)21/h4-11,22H,3H2,1-2H3. The lowest BCUT2D eigenvalue weighted by Gasteiger charge is -2.08. The summed E-state index contributed by atoms with van der Waals surface area (Å²) in [5, 5.41) is 0.761. The summed E-state index contributed by atoms with van der Waals surface area (Å²) in [5.41, 5.74) is 2.87. The molecule has 0 spiro atoms. The predicted molar refractivity (Wildman–Crippen MR) is 87.7 cm³/mol. The van der Waals surface area contributed by atoms with Gasteiger partial charge < -0.3 is 4.98 Å². The number of aromatic nitrogens is 1. The van der Waals surface area contributed by atoms with Crippen molar-refractivity contribution in [2.75, 3.05) is 0 Å². The van der Waals surface area contributed by atoms with Crippen molar-refractivity contribution in [3.05, 3.63) is 59.2 Å². The number of rotatable bonds is 4. The molecule has 4 heteroatoms. The molecule has 0 aliphatic heterocycles. The molecule has 2 aromatic carbocycles. The van der Waals surface area contributed by atoms with Gasteiger partial charge in [0.2, 0.25) is 0 Å². The van der Waals surface area contributed by atoms with E-state index < -0.39 is 11.6 Å². The fourth-order valence-electron chi connectivity index (χ4n) is 2.80. The normalized spacial score (nSPS) is 12.5. The second-order valence-electron chi connectivity index (χ2n) is 5.77. The van der Waals surface area contributed by atoms with E-state index in [1.165, 1.54) is 12.1 Å². The first kappa shape index (κ1) is 15.4. The number of aldehydes is 1. The number of H-pyrrole nitrogens is 1. The van der Waals surface area contributed by atoms with E-state index in [0.717, 1.165) is 35.2 Å². The Morgan fingerprint density at radius 2 is 1.96 bits per heavy atom. The first-order valence-corrected chi connectivity index (χ1v) is 7.61. The third kappa shape index (κ3) is 2.65. The Morgan fingerprint density at radius 3 is 2.61 bits per heavy atom. The zero-order valence-electron chi connectivity index (χ0n) is 13.0. The molecule has 0 fully saturated rings. The molecule has 1 atom stereocenters. The van der Waals surface area contributed by atoms with Crippen molar-refractivity contribution in [1.82, 2.24) is 4.98 Å². The summed E-state index contributed by atoms with van der Waals surface area (Å²) in [5.74, 6) is -0.962. The topological polar surface area (TPSA) is 32.9 Å². The highest BCUT2D eigenvalue weighted by Gasteiger charge is 2.17. The van der Waals surface area contributed by atoms with Gasteiger partial charge in [-0.15, -0.1) is 0 Å². The van der Waals surface area contributed by atoms with Crippen molar-refractivity contribution >= 4 is 17.2 Å². The van der Waals surface area contributed by atoms with E-state index in [4.69, 9.17) is 0 Å². The van der Waals surface area contributed by atoms with Crippen molar-refractivity contribution in [2.24, 2.45) is 0 Å². The summed E-state index contributed by atoms with van der Waals surface area (Å²) in [6, 6.07) is 9.22. The van der Waals surface area contributed by atoms with Gasteiger partial charge in [-0.2, -0.15) is 0 Å². The van der Waals surface area contributed by atoms with Gasteiger partial charge in [0.05, 0.1) is 5.69 Å². The number of fused-ring (bicyclic) bond motifs is 1. The summed E-state index contributed by atoms with van der Waals surface area (Å²) in [6.45, 7) is 4.22. The highest BCUT2D eigenvalue weighted by molar-refractivity contribution is 6.04. The van der Waals surface area contributed by atoms with Gasteiger partial charge in [0.25, 0.3) is 0 Å². The second-order valence-corrected chi connectivity index (χ2v) is 5.77. The average molecular weight is 313 g/mol.